The number of nitriles is 1. The second-order valence-electron chi connectivity index (χ2n) is 7.38. The van der Waals surface area contributed by atoms with Crippen LogP contribution in [-0.4, -0.2) is 9.67 Å². The predicted octanol–water partition coefficient (Wildman–Crippen LogP) is 5.69. The zero-order valence-corrected chi connectivity index (χ0v) is 16.6. The molecule has 0 atom stereocenters. The number of aromatic nitrogens is 1. The molecule has 4 heteroatoms. The molecule has 0 aliphatic rings. The summed E-state index contributed by atoms with van der Waals surface area (Å²) in [6.45, 7) is 2.53. The highest BCUT2D eigenvalue weighted by molar-refractivity contribution is 5.98. The van der Waals surface area contributed by atoms with Crippen molar-refractivity contribution in [1.82, 2.24) is 4.57 Å². The Morgan fingerprint density at radius 2 is 1.73 bits per heavy atom. The molecule has 0 saturated carbocycles. The van der Waals surface area contributed by atoms with Crippen LogP contribution in [0.3, 0.4) is 0 Å². The summed E-state index contributed by atoms with van der Waals surface area (Å²) in [6.07, 6.45) is 3.90. The summed E-state index contributed by atoms with van der Waals surface area (Å²) in [5.74, 6) is -0.265. The van der Waals surface area contributed by atoms with E-state index in [1.54, 1.807) is 12.1 Å². The molecule has 0 aliphatic heterocycles. The Kier molecular flexibility index (Phi) is 5.47. The predicted molar refractivity (Wildman–Crippen MR) is 118 cm³/mol. The summed E-state index contributed by atoms with van der Waals surface area (Å²) in [4.78, 5) is 0. The van der Waals surface area contributed by atoms with Crippen LogP contribution >= 0.6 is 0 Å². The summed E-state index contributed by atoms with van der Waals surface area (Å²) < 4.78 is 15.3. The molecule has 0 bridgehead atoms. The second-order valence-corrected chi connectivity index (χ2v) is 7.38. The highest BCUT2D eigenvalue weighted by atomic mass is 19.1. The first-order valence-corrected chi connectivity index (χ1v) is 9.73. The van der Waals surface area contributed by atoms with Crippen LogP contribution in [0.25, 0.3) is 22.6 Å². The van der Waals surface area contributed by atoms with Crippen molar-refractivity contribution in [3.8, 4) is 6.07 Å². The van der Waals surface area contributed by atoms with Crippen molar-refractivity contribution in [2.24, 2.45) is 0 Å². The lowest BCUT2D eigenvalue weighted by Crippen LogP contribution is -1.98. The summed E-state index contributed by atoms with van der Waals surface area (Å²) >= 11 is 0. The van der Waals surface area contributed by atoms with Gasteiger partial charge in [0.25, 0.3) is 0 Å². The summed E-state index contributed by atoms with van der Waals surface area (Å²) in [5, 5.41) is 20.3. The molecule has 4 aromatic rings. The molecule has 148 valence electrons. The number of halogens is 1. The third-order valence-electron chi connectivity index (χ3n) is 5.21. The third kappa shape index (κ3) is 4.03. The molecule has 0 spiro atoms. The Morgan fingerprint density at radius 1 is 1.03 bits per heavy atom. The van der Waals surface area contributed by atoms with Gasteiger partial charge in [-0.1, -0.05) is 54.1 Å². The van der Waals surface area contributed by atoms with E-state index in [-0.39, 0.29) is 12.4 Å². The molecule has 0 amide bonds. The van der Waals surface area contributed by atoms with E-state index in [1.165, 1.54) is 12.1 Å². The average Bonchev–Trinajstić information content (AvgIpc) is 3.10. The van der Waals surface area contributed by atoms with E-state index in [2.05, 4.69) is 10.6 Å². The van der Waals surface area contributed by atoms with Crippen molar-refractivity contribution in [2.75, 3.05) is 0 Å². The van der Waals surface area contributed by atoms with Gasteiger partial charge in [-0.05, 0) is 47.9 Å². The van der Waals surface area contributed by atoms with Gasteiger partial charge in [-0.15, -0.1) is 0 Å². The SMILES string of the molecule is Cc1ccc(/C(C#N)=C/c2cn(Cc3ccc(F)cc3)c3cc(CO)ccc23)cc1. The number of allylic oxidation sites excluding steroid dienone is 1. The van der Waals surface area contributed by atoms with Gasteiger partial charge in [-0.2, -0.15) is 5.26 Å². The monoisotopic (exact) mass is 396 g/mol. The maximum absolute atomic E-state index is 13.3. The van der Waals surface area contributed by atoms with Crippen LogP contribution < -0.4 is 0 Å². The number of aliphatic hydroxyl groups is 1. The number of aryl methyl sites for hydroxylation is 1. The van der Waals surface area contributed by atoms with E-state index < -0.39 is 0 Å². The molecule has 3 nitrogen and oxygen atoms in total. The van der Waals surface area contributed by atoms with Crippen LogP contribution in [0, 0.1) is 24.1 Å². The Balaban J connectivity index is 1.82. The lowest BCUT2D eigenvalue weighted by molar-refractivity contribution is 0.282. The molecule has 0 radical (unpaired) electrons. The molecule has 4 rings (SSSR count). The molecular formula is C26H21FN2O. The first kappa shape index (κ1) is 19.6. The van der Waals surface area contributed by atoms with Crippen molar-refractivity contribution in [3.63, 3.8) is 0 Å². The largest absolute Gasteiger partial charge is 0.392 e. The van der Waals surface area contributed by atoms with Crippen LogP contribution in [0.15, 0.2) is 72.9 Å². The normalized spacial score (nSPS) is 11.6. The van der Waals surface area contributed by atoms with Gasteiger partial charge in [0.05, 0.1) is 18.2 Å². The van der Waals surface area contributed by atoms with Crippen molar-refractivity contribution >= 4 is 22.6 Å². The number of aliphatic hydroxyl groups excluding tert-OH is 1. The second kappa shape index (κ2) is 8.36. The molecular weight excluding hydrogens is 375 g/mol. The summed E-state index contributed by atoms with van der Waals surface area (Å²) in [5.41, 5.74) is 6.26. The van der Waals surface area contributed by atoms with Crippen molar-refractivity contribution < 1.29 is 9.50 Å². The van der Waals surface area contributed by atoms with E-state index in [0.29, 0.717) is 12.1 Å². The molecule has 1 heterocycles. The molecule has 30 heavy (non-hydrogen) atoms. The van der Waals surface area contributed by atoms with Crippen molar-refractivity contribution in [2.45, 2.75) is 20.1 Å². The fourth-order valence-corrected chi connectivity index (χ4v) is 3.57. The third-order valence-corrected chi connectivity index (χ3v) is 5.21. The van der Waals surface area contributed by atoms with Gasteiger partial charge in [0, 0.05) is 29.2 Å². The van der Waals surface area contributed by atoms with E-state index in [4.69, 9.17) is 0 Å². The fourth-order valence-electron chi connectivity index (χ4n) is 3.57. The number of hydrogen-bond donors (Lipinski definition) is 1. The van der Waals surface area contributed by atoms with Gasteiger partial charge < -0.3 is 9.67 Å². The molecule has 1 N–H and O–H groups in total. The van der Waals surface area contributed by atoms with Crippen LogP contribution in [0.5, 0.6) is 0 Å². The minimum absolute atomic E-state index is 0.0460. The summed E-state index contributed by atoms with van der Waals surface area (Å²) in [7, 11) is 0. The van der Waals surface area contributed by atoms with Gasteiger partial charge in [0.2, 0.25) is 0 Å². The first-order chi connectivity index (χ1) is 14.6. The number of benzene rings is 3. The number of fused-ring (bicyclic) bond motifs is 1. The van der Waals surface area contributed by atoms with E-state index in [1.807, 2.05) is 61.7 Å². The maximum atomic E-state index is 13.3. The van der Waals surface area contributed by atoms with Gasteiger partial charge in [0.1, 0.15) is 5.82 Å². The summed E-state index contributed by atoms with van der Waals surface area (Å²) in [6, 6.07) is 22.4. The highest BCUT2D eigenvalue weighted by Gasteiger charge is 2.11. The Morgan fingerprint density at radius 3 is 2.40 bits per heavy atom. The van der Waals surface area contributed by atoms with Crippen LogP contribution in [0.2, 0.25) is 0 Å². The Labute approximate surface area is 174 Å². The lowest BCUT2D eigenvalue weighted by Gasteiger charge is -2.06. The Bertz CT molecular complexity index is 1260. The number of rotatable bonds is 5. The van der Waals surface area contributed by atoms with E-state index >= 15 is 0 Å². The standard InChI is InChI=1S/C26H21FN2O/c1-18-2-7-21(8-3-18)22(14-28)13-23-16-29(15-19-4-9-24(27)10-5-19)26-12-20(17-30)6-11-25(23)26/h2-13,16,30H,15,17H2,1H3/b22-13+. The smallest absolute Gasteiger partial charge is 0.123 e. The van der Waals surface area contributed by atoms with E-state index in [0.717, 1.165) is 38.7 Å². The molecule has 0 fully saturated rings. The average molecular weight is 396 g/mol. The minimum atomic E-state index is -0.265. The number of hydrogen-bond acceptors (Lipinski definition) is 2. The Hall–Kier alpha value is -3.68. The van der Waals surface area contributed by atoms with Crippen LogP contribution in [0.1, 0.15) is 27.8 Å². The van der Waals surface area contributed by atoms with Crippen LogP contribution in [0.4, 0.5) is 4.39 Å². The molecule has 0 aliphatic carbocycles. The quantitative estimate of drug-likeness (QED) is 0.440. The van der Waals surface area contributed by atoms with Gasteiger partial charge in [0.15, 0.2) is 0 Å². The molecule has 1 aromatic heterocycles. The lowest BCUT2D eigenvalue weighted by atomic mass is 10.0. The zero-order valence-electron chi connectivity index (χ0n) is 16.6. The van der Waals surface area contributed by atoms with Crippen LogP contribution in [-0.2, 0) is 13.2 Å². The van der Waals surface area contributed by atoms with E-state index in [9.17, 15) is 14.8 Å². The first-order valence-electron chi connectivity index (χ1n) is 9.73. The molecule has 0 saturated heterocycles. The van der Waals surface area contributed by atoms with Crippen molar-refractivity contribution in [1.29, 1.82) is 5.26 Å². The number of nitrogens with zero attached hydrogens (tertiary/aromatic N) is 2. The highest BCUT2D eigenvalue weighted by Crippen LogP contribution is 2.28. The minimum Gasteiger partial charge on any atom is -0.392 e. The van der Waals surface area contributed by atoms with Gasteiger partial charge in [-0.3, -0.25) is 0 Å². The van der Waals surface area contributed by atoms with Gasteiger partial charge >= 0.3 is 0 Å². The topological polar surface area (TPSA) is 49.0 Å². The fraction of sp³-hybridized carbons (Fsp3) is 0.115. The maximum Gasteiger partial charge on any atom is 0.123 e. The zero-order chi connectivity index (χ0) is 21.1. The van der Waals surface area contributed by atoms with Crippen molar-refractivity contribution in [3.05, 3.63) is 107 Å². The van der Waals surface area contributed by atoms with Gasteiger partial charge in [-0.25, -0.2) is 4.39 Å². The molecule has 3 aromatic carbocycles. The molecule has 0 unspecified atom stereocenters.